The molecular weight excluding hydrogens is 270 g/mol. The predicted molar refractivity (Wildman–Crippen MR) is 75.8 cm³/mol. The Balaban J connectivity index is 1.46. The third-order valence-corrected chi connectivity index (χ3v) is 3.76. The summed E-state index contributed by atoms with van der Waals surface area (Å²) in [7, 11) is 0. The third-order valence-electron chi connectivity index (χ3n) is 3.76. The number of nitrogens with one attached hydrogen (secondary N) is 1. The van der Waals surface area contributed by atoms with Crippen molar-refractivity contribution in [3.63, 3.8) is 0 Å². The molecule has 1 fully saturated rings. The summed E-state index contributed by atoms with van der Waals surface area (Å²) in [4.78, 5) is 4.23. The summed E-state index contributed by atoms with van der Waals surface area (Å²) in [6.45, 7) is 7.38. The summed E-state index contributed by atoms with van der Waals surface area (Å²) < 4.78 is 16.6. The van der Waals surface area contributed by atoms with Gasteiger partial charge in [0, 0.05) is 18.7 Å². The number of aryl methyl sites for hydroxylation is 3. The first-order chi connectivity index (χ1) is 10.1. The molecule has 0 spiro atoms. The Kier molecular flexibility index (Phi) is 4.07. The molecule has 1 saturated heterocycles. The number of hydrogen-bond acceptors (Lipinski definition) is 6. The van der Waals surface area contributed by atoms with Gasteiger partial charge in [-0.25, -0.2) is 0 Å². The lowest BCUT2D eigenvalue weighted by Crippen LogP contribution is -2.26. The smallest absolute Gasteiger partial charge is 0.255 e. The highest BCUT2D eigenvalue weighted by Gasteiger charge is 2.30. The van der Waals surface area contributed by atoms with E-state index in [0.717, 1.165) is 37.5 Å². The summed E-state index contributed by atoms with van der Waals surface area (Å²) >= 11 is 0. The van der Waals surface area contributed by atoms with Crippen LogP contribution in [0.25, 0.3) is 0 Å². The summed E-state index contributed by atoms with van der Waals surface area (Å²) in [5, 5.41) is 7.23. The molecule has 1 N–H and O–H groups in total. The van der Waals surface area contributed by atoms with Crippen LogP contribution in [0.5, 0.6) is 0 Å². The van der Waals surface area contributed by atoms with Gasteiger partial charge in [-0.15, -0.1) is 0 Å². The predicted octanol–water partition coefficient (Wildman–Crippen LogP) is 2.60. The van der Waals surface area contributed by atoms with Crippen molar-refractivity contribution in [2.24, 2.45) is 0 Å². The Hall–Kier alpha value is -1.66. The van der Waals surface area contributed by atoms with Crippen LogP contribution in [0.2, 0.25) is 0 Å². The molecular formula is C15H21N3O3. The van der Waals surface area contributed by atoms with E-state index in [-0.39, 0.29) is 12.2 Å². The number of hydrogen-bond donors (Lipinski definition) is 1. The highest BCUT2D eigenvalue weighted by Crippen LogP contribution is 2.31. The van der Waals surface area contributed by atoms with Gasteiger partial charge in [-0.1, -0.05) is 5.16 Å². The number of nitrogens with zero attached hydrogens (tertiary/aromatic N) is 2. The fraction of sp³-hybridized carbons (Fsp3) is 0.600. The van der Waals surface area contributed by atoms with Crippen LogP contribution >= 0.6 is 0 Å². The summed E-state index contributed by atoms with van der Waals surface area (Å²) in [5.74, 6) is 3.18. The van der Waals surface area contributed by atoms with E-state index in [1.54, 1.807) is 0 Å². The molecule has 2 atom stereocenters. The monoisotopic (exact) mass is 291 g/mol. The first-order valence-electron chi connectivity index (χ1n) is 7.34. The van der Waals surface area contributed by atoms with Crippen LogP contribution in [0.15, 0.2) is 15.0 Å². The third kappa shape index (κ3) is 3.33. The molecule has 0 bridgehead atoms. The second-order valence-electron chi connectivity index (χ2n) is 5.57. The van der Waals surface area contributed by atoms with Crippen LogP contribution < -0.4 is 5.32 Å². The van der Waals surface area contributed by atoms with Crippen LogP contribution in [0.3, 0.4) is 0 Å². The van der Waals surface area contributed by atoms with Crippen molar-refractivity contribution in [3.8, 4) is 0 Å². The Morgan fingerprint density at radius 2 is 2.14 bits per heavy atom. The molecule has 0 aliphatic carbocycles. The van der Waals surface area contributed by atoms with Crippen molar-refractivity contribution in [1.82, 2.24) is 15.5 Å². The minimum atomic E-state index is -0.0593. The highest BCUT2D eigenvalue weighted by molar-refractivity contribution is 5.19. The summed E-state index contributed by atoms with van der Waals surface area (Å²) in [5.41, 5.74) is 1.20. The average Bonchev–Trinajstić information content (AvgIpc) is 3.12. The Morgan fingerprint density at radius 3 is 2.81 bits per heavy atom. The summed E-state index contributed by atoms with van der Waals surface area (Å²) in [6.07, 6.45) is 2.06. The van der Waals surface area contributed by atoms with Crippen LogP contribution in [0.4, 0.5) is 0 Å². The fourth-order valence-electron chi connectivity index (χ4n) is 2.71. The molecule has 0 saturated carbocycles. The zero-order chi connectivity index (χ0) is 14.8. The van der Waals surface area contributed by atoms with E-state index < -0.39 is 0 Å². The lowest BCUT2D eigenvalue weighted by Gasteiger charge is -2.12. The van der Waals surface area contributed by atoms with Crippen molar-refractivity contribution in [1.29, 1.82) is 0 Å². The van der Waals surface area contributed by atoms with E-state index in [1.807, 2.05) is 20.8 Å². The van der Waals surface area contributed by atoms with Crippen molar-refractivity contribution < 1.29 is 13.7 Å². The van der Waals surface area contributed by atoms with Crippen molar-refractivity contribution in [2.45, 2.75) is 52.4 Å². The normalized spacial score (nSPS) is 22.0. The molecule has 3 heterocycles. The molecule has 0 radical (unpaired) electrons. The molecule has 1 aliphatic heterocycles. The van der Waals surface area contributed by atoms with Gasteiger partial charge in [0.05, 0.1) is 6.10 Å². The first kappa shape index (κ1) is 14.3. The molecule has 2 aromatic heterocycles. The van der Waals surface area contributed by atoms with Crippen molar-refractivity contribution >= 4 is 0 Å². The molecule has 3 rings (SSSR count). The molecule has 0 amide bonds. The van der Waals surface area contributed by atoms with Crippen molar-refractivity contribution in [3.05, 3.63) is 34.9 Å². The number of ether oxygens (including phenoxy) is 1. The molecule has 6 heteroatoms. The molecule has 2 aromatic rings. The van der Waals surface area contributed by atoms with E-state index in [4.69, 9.17) is 13.7 Å². The minimum absolute atomic E-state index is 0.0593. The zero-order valence-electron chi connectivity index (χ0n) is 12.7. The molecule has 0 unspecified atom stereocenters. The van der Waals surface area contributed by atoms with E-state index in [1.165, 1.54) is 5.56 Å². The largest absolute Gasteiger partial charge is 0.466 e. The lowest BCUT2D eigenvalue weighted by atomic mass is 10.2. The molecule has 0 aromatic carbocycles. The van der Waals surface area contributed by atoms with Crippen LogP contribution in [-0.4, -0.2) is 22.8 Å². The van der Waals surface area contributed by atoms with Gasteiger partial charge in [0.25, 0.3) is 5.89 Å². The van der Waals surface area contributed by atoms with Gasteiger partial charge in [-0.05, 0) is 39.7 Å². The molecule has 6 nitrogen and oxygen atoms in total. The Bertz CT molecular complexity index is 605. The zero-order valence-corrected chi connectivity index (χ0v) is 12.7. The SMILES string of the molecule is Cc1noc([C@@H]2CC[C@H](CNCc3cc(C)oc3C)O2)n1. The van der Waals surface area contributed by atoms with Gasteiger partial charge in [-0.3, -0.25) is 0 Å². The van der Waals surface area contributed by atoms with Crippen molar-refractivity contribution in [2.75, 3.05) is 6.54 Å². The van der Waals surface area contributed by atoms with Crippen LogP contribution in [0.1, 0.15) is 47.7 Å². The number of rotatable bonds is 5. The van der Waals surface area contributed by atoms with Gasteiger partial charge in [0.1, 0.15) is 17.6 Å². The quantitative estimate of drug-likeness (QED) is 0.912. The highest BCUT2D eigenvalue weighted by atomic mass is 16.5. The van der Waals surface area contributed by atoms with E-state index >= 15 is 0 Å². The van der Waals surface area contributed by atoms with E-state index in [2.05, 4.69) is 21.5 Å². The van der Waals surface area contributed by atoms with Gasteiger partial charge in [0.2, 0.25) is 0 Å². The second-order valence-corrected chi connectivity index (χ2v) is 5.57. The Morgan fingerprint density at radius 1 is 1.29 bits per heavy atom. The first-order valence-corrected chi connectivity index (χ1v) is 7.34. The van der Waals surface area contributed by atoms with Crippen LogP contribution in [-0.2, 0) is 11.3 Å². The Labute approximate surface area is 123 Å². The van der Waals surface area contributed by atoms with E-state index in [9.17, 15) is 0 Å². The molecule has 114 valence electrons. The number of furan rings is 1. The fourth-order valence-corrected chi connectivity index (χ4v) is 2.71. The maximum atomic E-state index is 5.95. The van der Waals surface area contributed by atoms with Gasteiger partial charge < -0.3 is 19.0 Å². The molecule has 21 heavy (non-hydrogen) atoms. The van der Waals surface area contributed by atoms with E-state index in [0.29, 0.717) is 11.7 Å². The van der Waals surface area contributed by atoms with Crippen LogP contribution in [0, 0.1) is 20.8 Å². The maximum Gasteiger partial charge on any atom is 0.255 e. The topological polar surface area (TPSA) is 73.3 Å². The lowest BCUT2D eigenvalue weighted by molar-refractivity contribution is 0.0264. The number of aromatic nitrogens is 2. The maximum absolute atomic E-state index is 5.95. The standard InChI is InChI=1S/C15H21N3O3/c1-9-6-12(10(2)19-9)7-16-8-13-4-5-14(20-13)15-17-11(3)18-21-15/h6,13-14,16H,4-5,7-8H2,1-3H3/t13-,14+/m1/s1. The average molecular weight is 291 g/mol. The second kappa shape index (κ2) is 5.99. The summed E-state index contributed by atoms with van der Waals surface area (Å²) in [6, 6.07) is 2.07. The minimum Gasteiger partial charge on any atom is -0.466 e. The van der Waals surface area contributed by atoms with Gasteiger partial charge >= 0.3 is 0 Å². The van der Waals surface area contributed by atoms with Gasteiger partial charge in [0.15, 0.2) is 5.82 Å². The molecule has 1 aliphatic rings. The van der Waals surface area contributed by atoms with Gasteiger partial charge in [-0.2, -0.15) is 4.98 Å².